The highest BCUT2D eigenvalue weighted by molar-refractivity contribution is 5.87. The van der Waals surface area contributed by atoms with Gasteiger partial charge in [-0.2, -0.15) is 0 Å². The molecule has 7 heteroatoms. The molecule has 7 nitrogen and oxygen atoms in total. The van der Waals surface area contributed by atoms with Crippen molar-refractivity contribution >= 4 is 11.7 Å². The van der Waals surface area contributed by atoms with Gasteiger partial charge >= 0.3 is 0 Å². The highest BCUT2D eigenvalue weighted by Crippen LogP contribution is 2.34. The van der Waals surface area contributed by atoms with Crippen molar-refractivity contribution < 1.29 is 4.79 Å². The predicted octanol–water partition coefficient (Wildman–Crippen LogP) is 1.57. The SMILES string of the molecule is O=C(C=CCN1CC2CC(C1)c1cccc(=O)n1C2)N1CCN(c2ccccn2)CC1. The zero-order valence-electron chi connectivity index (χ0n) is 17.8. The number of fused-ring (bicyclic) bond motifs is 4. The number of carbonyl (C=O) groups is 1. The van der Waals surface area contributed by atoms with Crippen LogP contribution in [0.1, 0.15) is 18.0 Å². The summed E-state index contributed by atoms with van der Waals surface area (Å²) in [4.78, 5) is 35.8. The molecule has 0 saturated carbocycles. The van der Waals surface area contributed by atoms with E-state index >= 15 is 0 Å². The van der Waals surface area contributed by atoms with E-state index in [1.165, 1.54) is 5.69 Å². The quantitative estimate of drug-likeness (QED) is 0.704. The Kier molecular flexibility index (Phi) is 5.59. The molecule has 2 aromatic heterocycles. The van der Waals surface area contributed by atoms with Crippen molar-refractivity contribution in [3.8, 4) is 0 Å². The average molecular weight is 420 g/mol. The largest absolute Gasteiger partial charge is 0.353 e. The van der Waals surface area contributed by atoms with Gasteiger partial charge in [-0.25, -0.2) is 4.98 Å². The normalized spacial score (nSPS) is 23.7. The van der Waals surface area contributed by atoms with Crippen LogP contribution < -0.4 is 10.5 Å². The van der Waals surface area contributed by atoms with Gasteiger partial charge in [0.25, 0.3) is 5.56 Å². The fourth-order valence-corrected chi connectivity index (χ4v) is 5.25. The Hall–Kier alpha value is -2.93. The fraction of sp³-hybridized carbons (Fsp3) is 0.458. The average Bonchev–Trinajstić information content (AvgIpc) is 2.80. The Morgan fingerprint density at radius 3 is 2.71 bits per heavy atom. The first-order valence-electron chi connectivity index (χ1n) is 11.2. The molecule has 1 amide bonds. The molecule has 2 saturated heterocycles. The van der Waals surface area contributed by atoms with Gasteiger partial charge in [-0.3, -0.25) is 14.5 Å². The van der Waals surface area contributed by atoms with Crippen LogP contribution in [0.5, 0.6) is 0 Å². The first-order chi connectivity index (χ1) is 15.2. The monoisotopic (exact) mass is 419 g/mol. The molecule has 2 atom stereocenters. The number of likely N-dealkylation sites (tertiary alicyclic amines) is 1. The summed E-state index contributed by atoms with van der Waals surface area (Å²) < 4.78 is 1.96. The van der Waals surface area contributed by atoms with E-state index in [0.717, 1.165) is 64.6 Å². The summed E-state index contributed by atoms with van der Waals surface area (Å²) >= 11 is 0. The maximum atomic E-state index is 12.6. The maximum absolute atomic E-state index is 12.6. The summed E-state index contributed by atoms with van der Waals surface area (Å²) in [5.74, 6) is 1.99. The lowest BCUT2D eigenvalue weighted by Gasteiger charge is -2.42. The van der Waals surface area contributed by atoms with Gasteiger partial charge in [-0.1, -0.05) is 18.2 Å². The molecule has 0 aromatic carbocycles. The van der Waals surface area contributed by atoms with Gasteiger partial charge in [0.05, 0.1) is 0 Å². The molecular weight excluding hydrogens is 390 g/mol. The van der Waals surface area contributed by atoms with E-state index in [1.54, 1.807) is 18.3 Å². The third-order valence-electron chi connectivity index (χ3n) is 6.74. The van der Waals surface area contributed by atoms with Gasteiger partial charge < -0.3 is 14.4 Å². The van der Waals surface area contributed by atoms with E-state index in [1.807, 2.05) is 39.8 Å². The van der Waals surface area contributed by atoms with Gasteiger partial charge in [0.1, 0.15) is 5.82 Å². The van der Waals surface area contributed by atoms with Crippen molar-refractivity contribution in [1.82, 2.24) is 19.4 Å². The molecule has 2 aromatic rings. The Labute approximate surface area is 182 Å². The zero-order valence-corrected chi connectivity index (χ0v) is 17.8. The lowest BCUT2D eigenvalue weighted by Crippen LogP contribution is -2.48. The Bertz CT molecular complexity index is 1010. The molecule has 0 spiro atoms. The zero-order chi connectivity index (χ0) is 21.2. The summed E-state index contributed by atoms with van der Waals surface area (Å²) in [6, 6.07) is 11.6. The molecule has 162 valence electrons. The van der Waals surface area contributed by atoms with E-state index in [2.05, 4.69) is 20.9 Å². The molecule has 5 rings (SSSR count). The number of amides is 1. The molecule has 0 aliphatic carbocycles. The number of piperidine rings is 1. The summed E-state index contributed by atoms with van der Waals surface area (Å²) in [5.41, 5.74) is 1.29. The van der Waals surface area contributed by atoms with E-state index in [0.29, 0.717) is 11.8 Å². The smallest absolute Gasteiger partial charge is 0.250 e. The van der Waals surface area contributed by atoms with Crippen molar-refractivity contribution in [2.45, 2.75) is 18.9 Å². The number of hydrogen-bond acceptors (Lipinski definition) is 5. The van der Waals surface area contributed by atoms with Crippen LogP contribution in [0.25, 0.3) is 0 Å². The number of aromatic nitrogens is 2. The molecular formula is C24H29N5O2. The lowest BCUT2D eigenvalue weighted by atomic mass is 9.83. The Balaban J connectivity index is 1.13. The molecule has 0 radical (unpaired) electrons. The van der Waals surface area contributed by atoms with Crippen LogP contribution in [0.4, 0.5) is 5.82 Å². The molecule has 3 aliphatic heterocycles. The van der Waals surface area contributed by atoms with Gasteiger partial charge in [-0.15, -0.1) is 0 Å². The molecule has 31 heavy (non-hydrogen) atoms. The lowest BCUT2D eigenvalue weighted by molar-refractivity contribution is -0.126. The topological polar surface area (TPSA) is 61.7 Å². The van der Waals surface area contributed by atoms with Gasteiger partial charge in [0, 0.05) is 82.3 Å². The van der Waals surface area contributed by atoms with Crippen LogP contribution in [0.3, 0.4) is 0 Å². The van der Waals surface area contributed by atoms with E-state index in [9.17, 15) is 9.59 Å². The van der Waals surface area contributed by atoms with Gasteiger partial charge in [-0.05, 0) is 30.5 Å². The summed E-state index contributed by atoms with van der Waals surface area (Å²) in [7, 11) is 0. The molecule has 2 bridgehead atoms. The maximum Gasteiger partial charge on any atom is 0.250 e. The third-order valence-corrected chi connectivity index (χ3v) is 6.74. The van der Waals surface area contributed by atoms with Crippen LogP contribution in [0.2, 0.25) is 0 Å². The number of hydrogen-bond donors (Lipinski definition) is 0. The van der Waals surface area contributed by atoms with Crippen molar-refractivity contribution in [3.05, 3.63) is 70.8 Å². The number of carbonyl (C=O) groups excluding carboxylic acids is 1. The number of rotatable bonds is 4. The molecule has 2 fully saturated rings. The van der Waals surface area contributed by atoms with E-state index in [4.69, 9.17) is 0 Å². The fourth-order valence-electron chi connectivity index (χ4n) is 5.25. The van der Waals surface area contributed by atoms with E-state index < -0.39 is 0 Å². The highest BCUT2D eigenvalue weighted by atomic mass is 16.2. The van der Waals surface area contributed by atoms with Crippen LogP contribution in [-0.2, 0) is 11.3 Å². The second kappa shape index (κ2) is 8.67. The number of anilines is 1. The molecule has 3 aliphatic rings. The Morgan fingerprint density at radius 1 is 1.03 bits per heavy atom. The minimum atomic E-state index is 0.0924. The second-order valence-corrected chi connectivity index (χ2v) is 8.82. The summed E-state index contributed by atoms with van der Waals surface area (Å²) in [5, 5.41) is 0. The highest BCUT2D eigenvalue weighted by Gasteiger charge is 2.34. The summed E-state index contributed by atoms with van der Waals surface area (Å²) in [6.07, 6.45) is 6.70. The molecule has 5 heterocycles. The van der Waals surface area contributed by atoms with E-state index in [-0.39, 0.29) is 11.5 Å². The Morgan fingerprint density at radius 2 is 1.90 bits per heavy atom. The predicted molar refractivity (Wildman–Crippen MR) is 120 cm³/mol. The first-order valence-corrected chi connectivity index (χ1v) is 11.2. The van der Waals surface area contributed by atoms with Gasteiger partial charge in [0.15, 0.2) is 0 Å². The number of nitrogens with zero attached hydrogens (tertiary/aromatic N) is 5. The first kappa shape index (κ1) is 20.0. The summed E-state index contributed by atoms with van der Waals surface area (Å²) in [6.45, 7) is 6.59. The van der Waals surface area contributed by atoms with Crippen LogP contribution in [-0.4, -0.2) is 71.1 Å². The van der Waals surface area contributed by atoms with Crippen molar-refractivity contribution in [2.75, 3.05) is 50.7 Å². The number of piperazine rings is 1. The van der Waals surface area contributed by atoms with Crippen molar-refractivity contribution in [2.24, 2.45) is 5.92 Å². The second-order valence-electron chi connectivity index (χ2n) is 8.82. The van der Waals surface area contributed by atoms with Crippen LogP contribution in [0.15, 0.2) is 59.5 Å². The van der Waals surface area contributed by atoms with Gasteiger partial charge in [0.2, 0.25) is 5.91 Å². The third kappa shape index (κ3) is 4.28. The van der Waals surface area contributed by atoms with Crippen molar-refractivity contribution in [1.29, 1.82) is 0 Å². The standard InChI is InChI=1S/C24H29N5O2/c30-23(28-13-11-27(12-14-28)22-6-1-2-9-25-22)8-4-10-26-16-19-15-20(18-26)21-5-3-7-24(31)29(21)17-19/h1-9,19-20H,10-18H2. The minimum absolute atomic E-state index is 0.0924. The molecule has 0 N–H and O–H groups in total. The van der Waals surface area contributed by atoms with Crippen LogP contribution in [0, 0.1) is 5.92 Å². The van der Waals surface area contributed by atoms with Crippen molar-refractivity contribution in [3.63, 3.8) is 0 Å². The van der Waals surface area contributed by atoms with Crippen LogP contribution >= 0.6 is 0 Å². The number of pyridine rings is 2. The minimum Gasteiger partial charge on any atom is -0.353 e. The molecule has 2 unspecified atom stereocenters.